The van der Waals surface area contributed by atoms with E-state index in [0.717, 1.165) is 5.69 Å². The molecule has 3 aromatic rings. The second-order valence-corrected chi connectivity index (χ2v) is 7.32. The van der Waals surface area contributed by atoms with Crippen molar-refractivity contribution in [1.29, 1.82) is 0 Å². The minimum Gasteiger partial charge on any atom is -0.497 e. The van der Waals surface area contributed by atoms with Crippen LogP contribution >= 0.6 is 0 Å². The van der Waals surface area contributed by atoms with Crippen molar-refractivity contribution in [3.63, 3.8) is 0 Å². The molecule has 0 unspecified atom stereocenters. The van der Waals surface area contributed by atoms with Crippen molar-refractivity contribution in [2.45, 2.75) is 11.8 Å². The molecule has 2 aromatic carbocycles. The van der Waals surface area contributed by atoms with Crippen LogP contribution < -0.4 is 14.4 Å². The Morgan fingerprint density at radius 3 is 2.22 bits per heavy atom. The van der Waals surface area contributed by atoms with E-state index in [1.54, 1.807) is 24.3 Å². The summed E-state index contributed by atoms with van der Waals surface area (Å²) in [5, 5.41) is 8.17. The van der Waals surface area contributed by atoms with E-state index >= 15 is 0 Å². The van der Waals surface area contributed by atoms with E-state index in [1.807, 2.05) is 42.2 Å². The van der Waals surface area contributed by atoms with E-state index in [2.05, 4.69) is 14.9 Å². The highest BCUT2D eigenvalue weighted by atomic mass is 32.2. The van der Waals surface area contributed by atoms with Gasteiger partial charge >= 0.3 is 0 Å². The van der Waals surface area contributed by atoms with Crippen LogP contribution in [0, 0.1) is 0 Å². The third-order valence-electron chi connectivity index (χ3n) is 3.92. The van der Waals surface area contributed by atoms with Crippen molar-refractivity contribution in [2.75, 3.05) is 23.3 Å². The second kappa shape index (κ2) is 8.05. The largest absolute Gasteiger partial charge is 0.497 e. The van der Waals surface area contributed by atoms with E-state index in [1.165, 1.54) is 19.2 Å². The summed E-state index contributed by atoms with van der Waals surface area (Å²) in [6.45, 7) is 2.71. The van der Waals surface area contributed by atoms with Crippen LogP contribution in [0.1, 0.15) is 6.92 Å². The number of nitrogens with one attached hydrogen (secondary N) is 1. The van der Waals surface area contributed by atoms with Crippen LogP contribution in [0.4, 0.5) is 17.3 Å². The number of hydrogen-bond acceptors (Lipinski definition) is 6. The first-order valence-electron chi connectivity index (χ1n) is 8.36. The summed E-state index contributed by atoms with van der Waals surface area (Å²) in [4.78, 5) is 2.10. The maximum absolute atomic E-state index is 12.5. The van der Waals surface area contributed by atoms with Gasteiger partial charge in [0.25, 0.3) is 10.0 Å². The van der Waals surface area contributed by atoms with Crippen molar-refractivity contribution in [3.05, 3.63) is 66.7 Å². The molecule has 140 valence electrons. The number of rotatable bonds is 7. The van der Waals surface area contributed by atoms with Gasteiger partial charge in [-0.25, -0.2) is 8.42 Å². The van der Waals surface area contributed by atoms with Gasteiger partial charge in [0.15, 0.2) is 11.6 Å². The average Bonchev–Trinajstić information content (AvgIpc) is 2.70. The molecule has 0 aliphatic rings. The van der Waals surface area contributed by atoms with Crippen molar-refractivity contribution in [2.24, 2.45) is 0 Å². The Bertz CT molecular complexity index is 976. The summed E-state index contributed by atoms with van der Waals surface area (Å²) in [6, 6.07) is 19.2. The van der Waals surface area contributed by atoms with E-state index in [-0.39, 0.29) is 10.7 Å². The second-order valence-electron chi connectivity index (χ2n) is 5.64. The number of para-hydroxylation sites is 1. The first-order chi connectivity index (χ1) is 13.0. The lowest BCUT2D eigenvalue weighted by Crippen LogP contribution is -2.19. The molecule has 0 fully saturated rings. The van der Waals surface area contributed by atoms with Gasteiger partial charge in [0.1, 0.15) is 5.75 Å². The number of benzene rings is 2. The number of aromatic nitrogens is 2. The molecule has 0 saturated carbocycles. The topological polar surface area (TPSA) is 84.4 Å². The number of sulfonamides is 1. The zero-order valence-corrected chi connectivity index (χ0v) is 15.8. The number of anilines is 3. The smallest absolute Gasteiger partial charge is 0.263 e. The maximum atomic E-state index is 12.5. The minimum absolute atomic E-state index is 0.119. The number of nitrogens with zero attached hydrogens (tertiary/aromatic N) is 3. The molecular formula is C19H20N4O3S. The third-order valence-corrected chi connectivity index (χ3v) is 5.29. The van der Waals surface area contributed by atoms with Gasteiger partial charge in [-0.3, -0.25) is 4.72 Å². The van der Waals surface area contributed by atoms with Gasteiger partial charge in [0, 0.05) is 12.2 Å². The van der Waals surface area contributed by atoms with Crippen LogP contribution in [-0.2, 0) is 10.0 Å². The lowest BCUT2D eigenvalue weighted by Gasteiger charge is -2.21. The fourth-order valence-corrected chi connectivity index (χ4v) is 3.56. The predicted molar refractivity (Wildman–Crippen MR) is 105 cm³/mol. The quantitative estimate of drug-likeness (QED) is 0.672. The molecular weight excluding hydrogens is 364 g/mol. The van der Waals surface area contributed by atoms with Crippen molar-refractivity contribution in [1.82, 2.24) is 10.2 Å². The van der Waals surface area contributed by atoms with E-state index in [4.69, 9.17) is 4.74 Å². The van der Waals surface area contributed by atoms with E-state index in [9.17, 15) is 8.42 Å². The first kappa shape index (κ1) is 18.7. The Kier molecular flexibility index (Phi) is 5.56. The molecule has 3 rings (SSSR count). The van der Waals surface area contributed by atoms with Gasteiger partial charge in [0.05, 0.1) is 12.0 Å². The molecule has 1 heterocycles. The minimum atomic E-state index is -3.75. The van der Waals surface area contributed by atoms with Gasteiger partial charge < -0.3 is 9.64 Å². The number of hydrogen-bond donors (Lipinski definition) is 1. The molecule has 0 radical (unpaired) electrons. The lowest BCUT2D eigenvalue weighted by molar-refractivity contribution is 0.414. The van der Waals surface area contributed by atoms with Gasteiger partial charge in [-0.2, -0.15) is 0 Å². The van der Waals surface area contributed by atoms with Crippen molar-refractivity contribution in [3.8, 4) is 5.75 Å². The Balaban J connectivity index is 1.78. The predicted octanol–water partition coefficient (Wildman–Crippen LogP) is 3.44. The van der Waals surface area contributed by atoms with Gasteiger partial charge in [0.2, 0.25) is 0 Å². The Morgan fingerprint density at radius 1 is 0.963 bits per heavy atom. The molecule has 8 heteroatoms. The molecule has 0 saturated heterocycles. The number of ether oxygens (including phenoxy) is 1. The highest BCUT2D eigenvalue weighted by Gasteiger charge is 2.16. The van der Waals surface area contributed by atoms with Gasteiger partial charge in [-0.05, 0) is 55.5 Å². The van der Waals surface area contributed by atoms with E-state index < -0.39 is 10.0 Å². The molecule has 0 aliphatic heterocycles. The third kappa shape index (κ3) is 4.35. The van der Waals surface area contributed by atoms with Crippen molar-refractivity contribution >= 4 is 27.3 Å². The first-order valence-corrected chi connectivity index (χ1v) is 9.85. The molecule has 0 spiro atoms. The standard InChI is InChI=1S/C19H20N4O3S/c1-3-23(15-7-5-4-6-8-15)19-14-13-18(20-21-19)22-27(24,25)17-11-9-16(26-2)10-12-17/h4-14H,3H2,1-2H3,(H,20,22). The Hall–Kier alpha value is -3.13. The molecule has 0 amide bonds. The molecule has 0 aliphatic carbocycles. The Morgan fingerprint density at radius 2 is 1.67 bits per heavy atom. The Labute approximate surface area is 158 Å². The molecule has 0 atom stereocenters. The highest BCUT2D eigenvalue weighted by Crippen LogP contribution is 2.23. The zero-order chi connectivity index (χ0) is 19.3. The monoisotopic (exact) mass is 384 g/mol. The fourth-order valence-electron chi connectivity index (χ4n) is 2.56. The normalized spacial score (nSPS) is 11.0. The molecule has 0 bridgehead atoms. The maximum Gasteiger partial charge on any atom is 0.263 e. The molecule has 27 heavy (non-hydrogen) atoms. The molecule has 1 aromatic heterocycles. The van der Waals surface area contributed by atoms with Crippen LogP contribution in [0.2, 0.25) is 0 Å². The summed E-state index contributed by atoms with van der Waals surface area (Å²) in [5.74, 6) is 1.37. The summed E-state index contributed by atoms with van der Waals surface area (Å²) in [7, 11) is -2.23. The van der Waals surface area contributed by atoms with Crippen LogP contribution in [0.3, 0.4) is 0 Å². The van der Waals surface area contributed by atoms with Crippen LogP contribution in [0.15, 0.2) is 71.6 Å². The van der Waals surface area contributed by atoms with Crippen molar-refractivity contribution < 1.29 is 13.2 Å². The van der Waals surface area contributed by atoms with Crippen LogP contribution in [0.5, 0.6) is 5.75 Å². The number of methoxy groups -OCH3 is 1. The summed E-state index contributed by atoms with van der Waals surface area (Å²) >= 11 is 0. The average molecular weight is 384 g/mol. The van der Waals surface area contributed by atoms with Gasteiger partial charge in [-0.1, -0.05) is 18.2 Å². The SMILES string of the molecule is CCN(c1ccccc1)c1ccc(NS(=O)(=O)c2ccc(OC)cc2)nn1. The highest BCUT2D eigenvalue weighted by molar-refractivity contribution is 7.92. The van der Waals surface area contributed by atoms with E-state index in [0.29, 0.717) is 18.1 Å². The zero-order valence-electron chi connectivity index (χ0n) is 15.0. The van der Waals surface area contributed by atoms with Crippen LogP contribution in [-0.4, -0.2) is 32.3 Å². The van der Waals surface area contributed by atoms with Crippen LogP contribution in [0.25, 0.3) is 0 Å². The van der Waals surface area contributed by atoms with Gasteiger partial charge in [-0.15, -0.1) is 10.2 Å². The summed E-state index contributed by atoms with van der Waals surface area (Å²) in [6.07, 6.45) is 0. The fraction of sp³-hybridized carbons (Fsp3) is 0.158. The summed E-state index contributed by atoms with van der Waals surface area (Å²) < 4.78 is 32.4. The lowest BCUT2D eigenvalue weighted by atomic mass is 10.3. The summed E-state index contributed by atoms with van der Waals surface area (Å²) in [5.41, 5.74) is 0.987. The molecule has 7 nitrogen and oxygen atoms in total. The molecule has 1 N–H and O–H groups in total.